The Bertz CT molecular complexity index is 1750. The van der Waals surface area contributed by atoms with Crippen LogP contribution in [-0.2, 0) is 20.0 Å². The number of likely N-dealkylation sites (tertiary alicyclic amines) is 1. The summed E-state index contributed by atoms with van der Waals surface area (Å²) in [5.74, 6) is 0.158. The molecule has 4 aliphatic rings. The minimum atomic E-state index is -0.0320. The van der Waals surface area contributed by atoms with E-state index in [0.717, 1.165) is 85.1 Å². The Balaban J connectivity index is 0.966. The van der Waals surface area contributed by atoms with Crippen LogP contribution in [0.5, 0.6) is 0 Å². The largest absolute Gasteiger partial charge is 0.371 e. The average molecular weight is 594 g/mol. The van der Waals surface area contributed by atoms with Gasteiger partial charge < -0.3 is 19.3 Å². The number of halogens is 1. The third-order valence-corrected chi connectivity index (χ3v) is 11.2. The van der Waals surface area contributed by atoms with Crippen LogP contribution < -0.4 is 4.90 Å². The van der Waals surface area contributed by atoms with Crippen molar-refractivity contribution < 1.29 is 9.59 Å². The van der Waals surface area contributed by atoms with E-state index in [-0.39, 0.29) is 17.9 Å². The third-order valence-electron chi connectivity index (χ3n) is 10.9. The molecule has 2 fully saturated rings. The zero-order valence-corrected chi connectivity index (χ0v) is 25.3. The number of fused-ring (bicyclic) bond motifs is 4. The molecular weight excluding hydrogens is 558 g/mol. The predicted molar refractivity (Wildman–Crippen MR) is 169 cm³/mol. The first-order valence-electron chi connectivity index (χ1n) is 15.6. The number of rotatable bonds is 3. The highest BCUT2D eigenvalue weighted by molar-refractivity contribution is 6.37. The van der Waals surface area contributed by atoms with E-state index in [1.54, 1.807) is 0 Å². The summed E-state index contributed by atoms with van der Waals surface area (Å²) in [6.45, 7) is 4.30. The van der Waals surface area contributed by atoms with Crippen LogP contribution in [0.1, 0.15) is 75.7 Å². The predicted octanol–water partition coefficient (Wildman–Crippen LogP) is 6.39. The number of pyridine rings is 1. The third kappa shape index (κ3) is 4.27. The maximum atomic E-state index is 13.9. The summed E-state index contributed by atoms with van der Waals surface area (Å²) in [6.07, 6.45) is 9.99. The van der Waals surface area contributed by atoms with Gasteiger partial charge in [0, 0.05) is 62.3 Å². The lowest BCUT2D eigenvalue weighted by atomic mass is 9.71. The van der Waals surface area contributed by atoms with Crippen LogP contribution in [0.2, 0.25) is 5.02 Å². The molecule has 220 valence electrons. The number of hydrogen-bond acceptors (Lipinski definition) is 4. The first-order valence-corrected chi connectivity index (χ1v) is 15.9. The summed E-state index contributed by atoms with van der Waals surface area (Å²) < 4.78 is 2.11. The number of hydrogen-bond donors (Lipinski definition) is 0. The van der Waals surface area contributed by atoms with Gasteiger partial charge in [0.1, 0.15) is 0 Å². The molecule has 8 heteroatoms. The molecule has 0 radical (unpaired) electrons. The Labute approximate surface area is 257 Å². The first-order chi connectivity index (χ1) is 20.9. The number of aromatic nitrogens is 2. The van der Waals surface area contributed by atoms with Crippen molar-refractivity contribution in [3.8, 4) is 0 Å². The number of carbonyl (C=O) groups excluding carboxylic acids is 2. The summed E-state index contributed by atoms with van der Waals surface area (Å²) in [4.78, 5) is 38.3. The summed E-state index contributed by atoms with van der Waals surface area (Å²) in [5.41, 5.74) is 7.44. The van der Waals surface area contributed by atoms with Crippen LogP contribution in [0.3, 0.4) is 0 Å². The molecule has 8 rings (SSSR count). The highest BCUT2D eigenvalue weighted by atomic mass is 35.5. The smallest absolute Gasteiger partial charge is 0.257 e. The fourth-order valence-corrected chi connectivity index (χ4v) is 8.50. The summed E-state index contributed by atoms with van der Waals surface area (Å²) in [7, 11) is 2.01. The van der Waals surface area contributed by atoms with E-state index in [1.165, 1.54) is 24.1 Å². The molecule has 1 unspecified atom stereocenters. The van der Waals surface area contributed by atoms with E-state index in [0.29, 0.717) is 17.0 Å². The minimum Gasteiger partial charge on any atom is -0.371 e. The molecule has 3 aliphatic heterocycles. The molecule has 1 aliphatic carbocycles. The van der Waals surface area contributed by atoms with Gasteiger partial charge >= 0.3 is 0 Å². The van der Waals surface area contributed by atoms with E-state index < -0.39 is 0 Å². The van der Waals surface area contributed by atoms with Crippen LogP contribution in [-0.4, -0.2) is 57.3 Å². The van der Waals surface area contributed by atoms with Crippen LogP contribution in [0.4, 0.5) is 5.69 Å². The molecule has 7 nitrogen and oxygen atoms in total. The van der Waals surface area contributed by atoms with Crippen molar-refractivity contribution in [1.29, 1.82) is 0 Å². The van der Waals surface area contributed by atoms with Gasteiger partial charge in [-0.05, 0) is 91.5 Å². The van der Waals surface area contributed by atoms with Gasteiger partial charge in [-0.2, -0.15) is 0 Å². The maximum Gasteiger partial charge on any atom is 0.257 e. The molecule has 5 heterocycles. The first kappa shape index (κ1) is 26.8. The second-order valence-electron chi connectivity index (χ2n) is 12.9. The van der Waals surface area contributed by atoms with E-state index in [9.17, 15) is 9.59 Å². The molecule has 0 bridgehead atoms. The van der Waals surface area contributed by atoms with Crippen molar-refractivity contribution >= 4 is 40.0 Å². The molecule has 2 amide bonds. The highest BCUT2D eigenvalue weighted by Gasteiger charge is 2.42. The molecule has 4 aromatic rings. The van der Waals surface area contributed by atoms with Gasteiger partial charge in [-0.3, -0.25) is 14.6 Å². The summed E-state index contributed by atoms with van der Waals surface area (Å²) in [6, 6.07) is 16.2. The quantitative estimate of drug-likeness (QED) is 0.276. The number of nitrogens with zero attached hydrogens (tertiary/aromatic N) is 5. The molecule has 0 saturated carbocycles. The number of benzene rings is 2. The average Bonchev–Trinajstić information content (AvgIpc) is 3.70. The van der Waals surface area contributed by atoms with E-state index in [2.05, 4.69) is 43.6 Å². The molecular formula is C35H36ClN5O2. The van der Waals surface area contributed by atoms with Crippen molar-refractivity contribution in [1.82, 2.24) is 19.4 Å². The van der Waals surface area contributed by atoms with Crippen molar-refractivity contribution in [2.75, 3.05) is 31.1 Å². The monoisotopic (exact) mass is 593 g/mol. The Morgan fingerprint density at radius 2 is 1.72 bits per heavy atom. The normalized spacial score (nSPS) is 21.1. The van der Waals surface area contributed by atoms with E-state index in [1.807, 2.05) is 48.6 Å². The lowest BCUT2D eigenvalue weighted by molar-refractivity contribution is 0.0515. The standard InChI is InChI=1S/C35H36ClN5O2/c1-38-29-4-2-3-27(36)31(29)32-30(38)22-41(34(32)43)28-8-7-23-5-6-24(21-26(23)28)33(42)40-19-13-35(14-20-40)11-17-39(18-12-35)25-9-15-37-16-10-25/h2-6,9-10,15-16,21,28H,7-8,11-14,17-20,22H2,1H3. The Morgan fingerprint density at radius 1 is 0.977 bits per heavy atom. The topological polar surface area (TPSA) is 61.7 Å². The van der Waals surface area contributed by atoms with Crippen LogP contribution in [0.15, 0.2) is 60.9 Å². The molecule has 0 N–H and O–H groups in total. The van der Waals surface area contributed by atoms with Gasteiger partial charge in [-0.25, -0.2) is 0 Å². The summed E-state index contributed by atoms with van der Waals surface area (Å²) >= 11 is 6.59. The Kier molecular flexibility index (Phi) is 6.30. The molecule has 2 aromatic heterocycles. The maximum absolute atomic E-state index is 13.9. The number of amides is 2. The number of carbonyl (C=O) groups is 2. The molecule has 1 spiro atoms. The van der Waals surface area contributed by atoms with Crippen molar-refractivity contribution in [2.24, 2.45) is 12.5 Å². The second-order valence-corrected chi connectivity index (χ2v) is 13.3. The molecule has 1 atom stereocenters. The Hall–Kier alpha value is -3.84. The zero-order valence-electron chi connectivity index (χ0n) is 24.6. The van der Waals surface area contributed by atoms with Crippen molar-refractivity contribution in [3.05, 3.63) is 93.9 Å². The fourth-order valence-electron chi connectivity index (χ4n) is 8.24. The molecule has 2 aromatic carbocycles. The van der Waals surface area contributed by atoms with Crippen molar-refractivity contribution in [2.45, 2.75) is 51.1 Å². The van der Waals surface area contributed by atoms with Crippen LogP contribution in [0, 0.1) is 5.41 Å². The van der Waals surface area contributed by atoms with Crippen LogP contribution >= 0.6 is 11.6 Å². The fraction of sp³-hybridized carbons (Fsp3) is 0.400. The van der Waals surface area contributed by atoms with Gasteiger partial charge in [0.05, 0.1) is 34.4 Å². The number of anilines is 1. The highest BCUT2D eigenvalue weighted by Crippen LogP contribution is 2.45. The number of piperidine rings is 2. The van der Waals surface area contributed by atoms with Gasteiger partial charge in [0.25, 0.3) is 11.8 Å². The van der Waals surface area contributed by atoms with Gasteiger partial charge in [-0.1, -0.05) is 23.7 Å². The SMILES string of the molecule is Cn1c2c(c3c(Cl)cccc31)C(=O)N(C1CCc3ccc(C(=O)N4CCC5(CC4)CCN(c4ccncc4)CC5)cc31)C2. The zero-order chi connectivity index (χ0) is 29.3. The number of aryl methyl sites for hydroxylation is 2. The van der Waals surface area contributed by atoms with Crippen LogP contribution in [0.25, 0.3) is 10.9 Å². The molecule has 2 saturated heterocycles. The van der Waals surface area contributed by atoms with Gasteiger partial charge in [-0.15, -0.1) is 0 Å². The van der Waals surface area contributed by atoms with E-state index in [4.69, 9.17) is 11.6 Å². The summed E-state index contributed by atoms with van der Waals surface area (Å²) in [5, 5.41) is 1.47. The minimum absolute atomic E-state index is 0.0320. The van der Waals surface area contributed by atoms with E-state index >= 15 is 0 Å². The van der Waals surface area contributed by atoms with Crippen molar-refractivity contribution in [3.63, 3.8) is 0 Å². The van der Waals surface area contributed by atoms with Gasteiger partial charge in [0.2, 0.25) is 0 Å². The second kappa shape index (κ2) is 10.1. The lowest BCUT2D eigenvalue weighted by Crippen LogP contribution is -2.48. The van der Waals surface area contributed by atoms with Gasteiger partial charge in [0.15, 0.2) is 0 Å². The Morgan fingerprint density at radius 3 is 2.49 bits per heavy atom. The lowest BCUT2D eigenvalue weighted by Gasteiger charge is -2.47. The molecule has 43 heavy (non-hydrogen) atoms.